The first kappa shape index (κ1) is 8.19. The molecule has 0 spiro atoms. The molecule has 2 aromatic rings. The lowest BCUT2D eigenvalue weighted by Crippen LogP contribution is -2.04. The zero-order chi connectivity index (χ0) is 9.26. The highest BCUT2D eigenvalue weighted by Gasteiger charge is 2.04. The van der Waals surface area contributed by atoms with Crippen LogP contribution >= 0.6 is 0 Å². The van der Waals surface area contributed by atoms with Crippen molar-refractivity contribution < 1.29 is 8.81 Å². The van der Waals surface area contributed by atoms with Gasteiger partial charge in [0, 0.05) is 6.07 Å². The Labute approximate surface area is 74.6 Å². The van der Waals surface area contributed by atoms with Crippen LogP contribution in [0.3, 0.4) is 0 Å². The summed E-state index contributed by atoms with van der Waals surface area (Å²) >= 11 is 0. The number of halogens is 1. The van der Waals surface area contributed by atoms with Crippen LogP contribution in [0.2, 0.25) is 0 Å². The minimum atomic E-state index is -0.306. The number of nitrogens with zero attached hydrogens (tertiary/aromatic N) is 1. The molecular formula is C9H9FN2O. The first-order chi connectivity index (χ1) is 6.29. The zero-order valence-electron chi connectivity index (χ0n) is 7.17. The third-order valence-corrected chi connectivity index (χ3v) is 1.72. The second kappa shape index (κ2) is 3.14. The highest BCUT2D eigenvalue weighted by atomic mass is 19.1. The van der Waals surface area contributed by atoms with E-state index in [9.17, 15) is 4.39 Å². The molecule has 0 radical (unpaired) electrons. The number of fused-ring (bicyclic) bond motifs is 1. The van der Waals surface area contributed by atoms with Crippen molar-refractivity contribution in [3.8, 4) is 0 Å². The molecule has 4 heteroatoms. The van der Waals surface area contributed by atoms with Gasteiger partial charge < -0.3 is 9.73 Å². The van der Waals surface area contributed by atoms with E-state index in [1.165, 1.54) is 12.1 Å². The maximum atomic E-state index is 12.7. The lowest BCUT2D eigenvalue weighted by Gasteiger charge is -1.88. The minimum absolute atomic E-state index is 0.306. The molecule has 0 aliphatic heterocycles. The molecule has 0 fully saturated rings. The molecule has 0 unspecified atom stereocenters. The second-order valence-corrected chi connectivity index (χ2v) is 2.75. The van der Waals surface area contributed by atoms with Crippen LogP contribution in [0.25, 0.3) is 11.1 Å². The average Bonchev–Trinajstić information content (AvgIpc) is 2.46. The molecule has 0 amide bonds. The van der Waals surface area contributed by atoms with Gasteiger partial charge in [-0.15, -0.1) is 0 Å². The Hall–Kier alpha value is -1.42. The highest BCUT2D eigenvalue weighted by molar-refractivity contribution is 5.72. The Morgan fingerprint density at radius 3 is 3.15 bits per heavy atom. The first-order valence-electron chi connectivity index (χ1n) is 3.99. The Morgan fingerprint density at radius 1 is 1.54 bits per heavy atom. The fraction of sp³-hybridized carbons (Fsp3) is 0.222. The van der Waals surface area contributed by atoms with E-state index >= 15 is 0 Å². The van der Waals surface area contributed by atoms with Crippen molar-refractivity contribution in [3.63, 3.8) is 0 Å². The van der Waals surface area contributed by atoms with Crippen molar-refractivity contribution in [2.24, 2.45) is 0 Å². The molecule has 0 aliphatic carbocycles. The maximum absolute atomic E-state index is 12.7. The fourth-order valence-corrected chi connectivity index (χ4v) is 1.17. The van der Waals surface area contributed by atoms with Crippen molar-refractivity contribution in [2.75, 3.05) is 7.05 Å². The summed E-state index contributed by atoms with van der Waals surface area (Å²) in [6, 6.07) is 4.31. The van der Waals surface area contributed by atoms with Gasteiger partial charge in [0.25, 0.3) is 0 Å². The summed E-state index contributed by atoms with van der Waals surface area (Å²) in [6.45, 7) is 0.552. The van der Waals surface area contributed by atoms with Crippen molar-refractivity contribution in [2.45, 2.75) is 6.54 Å². The molecule has 13 heavy (non-hydrogen) atoms. The van der Waals surface area contributed by atoms with E-state index in [1.807, 2.05) is 0 Å². The normalized spacial score (nSPS) is 10.9. The van der Waals surface area contributed by atoms with Crippen LogP contribution in [0, 0.1) is 5.82 Å². The Bertz CT molecular complexity index is 424. The molecule has 2 rings (SSSR count). The Balaban J connectivity index is 2.49. The van der Waals surface area contributed by atoms with E-state index in [1.54, 1.807) is 13.1 Å². The van der Waals surface area contributed by atoms with Gasteiger partial charge in [-0.2, -0.15) is 0 Å². The fourth-order valence-electron chi connectivity index (χ4n) is 1.17. The van der Waals surface area contributed by atoms with Gasteiger partial charge >= 0.3 is 0 Å². The second-order valence-electron chi connectivity index (χ2n) is 2.75. The summed E-state index contributed by atoms with van der Waals surface area (Å²) < 4.78 is 18.0. The molecular weight excluding hydrogens is 171 g/mol. The van der Waals surface area contributed by atoms with Crippen LogP contribution in [0.15, 0.2) is 22.6 Å². The Kier molecular flexibility index (Phi) is 1.98. The van der Waals surface area contributed by atoms with Crippen molar-refractivity contribution in [3.05, 3.63) is 29.9 Å². The van der Waals surface area contributed by atoms with Gasteiger partial charge in [0.2, 0.25) is 5.89 Å². The van der Waals surface area contributed by atoms with Crippen molar-refractivity contribution in [1.82, 2.24) is 10.3 Å². The van der Waals surface area contributed by atoms with E-state index in [2.05, 4.69) is 10.3 Å². The monoisotopic (exact) mass is 180 g/mol. The average molecular weight is 180 g/mol. The van der Waals surface area contributed by atoms with Gasteiger partial charge in [-0.3, -0.25) is 0 Å². The van der Waals surface area contributed by atoms with Crippen LogP contribution in [0.4, 0.5) is 4.39 Å². The summed E-state index contributed by atoms with van der Waals surface area (Å²) in [5.74, 6) is 0.266. The summed E-state index contributed by atoms with van der Waals surface area (Å²) in [7, 11) is 1.80. The van der Waals surface area contributed by atoms with E-state index in [0.29, 0.717) is 23.5 Å². The van der Waals surface area contributed by atoms with Gasteiger partial charge in [-0.25, -0.2) is 9.37 Å². The predicted octanol–water partition coefficient (Wildman–Crippen LogP) is 1.69. The SMILES string of the molecule is CNCc1nc2ccc(F)cc2o1. The molecule has 0 saturated heterocycles. The largest absolute Gasteiger partial charge is 0.439 e. The molecule has 1 aromatic carbocycles. The third kappa shape index (κ3) is 1.53. The molecule has 0 bridgehead atoms. The van der Waals surface area contributed by atoms with Gasteiger partial charge in [-0.1, -0.05) is 0 Å². The molecule has 0 saturated carbocycles. The molecule has 0 atom stereocenters. The van der Waals surface area contributed by atoms with Gasteiger partial charge in [0.1, 0.15) is 11.3 Å². The molecule has 1 aromatic heterocycles. The quantitative estimate of drug-likeness (QED) is 0.764. The van der Waals surface area contributed by atoms with Crippen LogP contribution in [-0.4, -0.2) is 12.0 Å². The molecule has 1 N–H and O–H groups in total. The highest BCUT2D eigenvalue weighted by Crippen LogP contribution is 2.16. The zero-order valence-corrected chi connectivity index (χ0v) is 7.17. The predicted molar refractivity (Wildman–Crippen MR) is 46.7 cm³/mol. The van der Waals surface area contributed by atoms with Crippen molar-refractivity contribution in [1.29, 1.82) is 0 Å². The van der Waals surface area contributed by atoms with Gasteiger partial charge in [-0.05, 0) is 19.2 Å². The van der Waals surface area contributed by atoms with Crippen LogP contribution in [0.1, 0.15) is 5.89 Å². The lowest BCUT2D eigenvalue weighted by molar-refractivity contribution is 0.509. The maximum Gasteiger partial charge on any atom is 0.209 e. The Morgan fingerprint density at radius 2 is 2.38 bits per heavy atom. The topological polar surface area (TPSA) is 38.1 Å². The number of benzene rings is 1. The summed E-state index contributed by atoms with van der Waals surface area (Å²) in [5.41, 5.74) is 1.18. The molecule has 0 aliphatic rings. The standard InChI is InChI=1S/C9H9FN2O/c1-11-5-9-12-7-3-2-6(10)4-8(7)13-9/h2-4,11H,5H2,1H3. The molecule has 1 heterocycles. The number of hydrogen-bond acceptors (Lipinski definition) is 3. The number of aromatic nitrogens is 1. The van der Waals surface area contributed by atoms with E-state index in [4.69, 9.17) is 4.42 Å². The summed E-state index contributed by atoms with van der Waals surface area (Å²) in [4.78, 5) is 4.15. The smallest absolute Gasteiger partial charge is 0.209 e. The van der Waals surface area contributed by atoms with Gasteiger partial charge in [0.05, 0.1) is 6.54 Å². The number of oxazole rings is 1. The number of hydrogen-bond donors (Lipinski definition) is 1. The van der Waals surface area contributed by atoms with E-state index in [0.717, 1.165) is 0 Å². The molecule has 3 nitrogen and oxygen atoms in total. The summed E-state index contributed by atoms with van der Waals surface area (Å²) in [5, 5.41) is 2.91. The van der Waals surface area contributed by atoms with E-state index < -0.39 is 0 Å². The van der Waals surface area contributed by atoms with Crippen LogP contribution < -0.4 is 5.32 Å². The minimum Gasteiger partial charge on any atom is -0.439 e. The van der Waals surface area contributed by atoms with Crippen molar-refractivity contribution >= 4 is 11.1 Å². The van der Waals surface area contributed by atoms with Gasteiger partial charge in [0.15, 0.2) is 5.58 Å². The molecule has 68 valence electrons. The number of nitrogens with one attached hydrogen (secondary N) is 1. The van der Waals surface area contributed by atoms with E-state index in [-0.39, 0.29) is 5.82 Å². The number of rotatable bonds is 2. The lowest BCUT2D eigenvalue weighted by atomic mass is 10.3. The van der Waals surface area contributed by atoms with Crippen LogP contribution in [0.5, 0.6) is 0 Å². The summed E-state index contributed by atoms with van der Waals surface area (Å²) in [6.07, 6.45) is 0. The third-order valence-electron chi connectivity index (χ3n) is 1.72. The van der Waals surface area contributed by atoms with Crippen LogP contribution in [-0.2, 0) is 6.54 Å². The first-order valence-corrected chi connectivity index (χ1v) is 3.99.